The molecule has 0 aliphatic heterocycles. The van der Waals surface area contributed by atoms with E-state index in [0.717, 1.165) is 0 Å². The van der Waals surface area contributed by atoms with Crippen LogP contribution in [0.2, 0.25) is 0 Å². The van der Waals surface area contributed by atoms with E-state index in [1.807, 2.05) is 6.07 Å². The highest BCUT2D eigenvalue weighted by Gasteiger charge is 2.11. The van der Waals surface area contributed by atoms with Gasteiger partial charge >= 0.3 is 0 Å². The summed E-state index contributed by atoms with van der Waals surface area (Å²) in [6.45, 7) is 4.59. The third kappa shape index (κ3) is 2.22. The Morgan fingerprint density at radius 3 is 2.29 bits per heavy atom. The lowest BCUT2D eigenvalue weighted by Crippen LogP contribution is -2.03. The number of hydrogen-bond donors (Lipinski definition) is 0. The topological polar surface area (TPSA) is 23.8 Å². The van der Waals surface area contributed by atoms with Gasteiger partial charge in [0.15, 0.2) is 0 Å². The molecular weight excluding hydrogens is 86.1 g/mol. The molecule has 0 saturated heterocycles. The van der Waals surface area contributed by atoms with Crippen molar-refractivity contribution in [3.05, 3.63) is 0 Å². The molecule has 7 heavy (non-hydrogen) atoms. The van der Waals surface area contributed by atoms with Gasteiger partial charge in [0.05, 0.1) is 11.5 Å². The maximum atomic E-state index is 8.44. The molecule has 0 unspecified atom stereocenters. The van der Waals surface area contributed by atoms with Crippen molar-refractivity contribution in [2.75, 3.05) is 0 Å². The van der Waals surface area contributed by atoms with Crippen molar-refractivity contribution in [2.45, 2.75) is 27.1 Å². The minimum Gasteiger partial charge on any atom is -0.198 e. The van der Waals surface area contributed by atoms with E-state index in [1.165, 1.54) is 6.92 Å². The van der Waals surface area contributed by atoms with Crippen LogP contribution in [-0.4, -0.2) is 0 Å². The zero-order valence-corrected chi connectivity index (χ0v) is 4.95. The standard InChI is InChI=1S/C6H11N/c1-4-6(2,3)5-7/h4H2,1-3H3/i4D2. The zero-order chi connectivity index (χ0) is 7.71. The Hall–Kier alpha value is -0.510. The van der Waals surface area contributed by atoms with E-state index in [-0.39, 0.29) is 0 Å². The van der Waals surface area contributed by atoms with Crippen LogP contribution in [0.5, 0.6) is 0 Å². The fourth-order valence-corrected chi connectivity index (χ4v) is 0.0559. The Morgan fingerprint density at radius 1 is 1.86 bits per heavy atom. The summed E-state index contributed by atoms with van der Waals surface area (Å²) in [4.78, 5) is 0. The number of nitrogens with zero attached hydrogens (tertiary/aromatic N) is 1. The summed E-state index contributed by atoms with van der Waals surface area (Å²) < 4.78 is 14.4. The molecule has 40 valence electrons. The Balaban J connectivity index is 4.39. The van der Waals surface area contributed by atoms with Gasteiger partial charge < -0.3 is 0 Å². The molecule has 0 N–H and O–H groups in total. The molecule has 0 aromatic rings. The van der Waals surface area contributed by atoms with Crippen molar-refractivity contribution in [1.29, 1.82) is 5.26 Å². The molecule has 0 saturated carbocycles. The van der Waals surface area contributed by atoms with Crippen LogP contribution in [0.1, 0.15) is 29.9 Å². The summed E-state index contributed by atoms with van der Waals surface area (Å²) in [7, 11) is 0. The summed E-state index contributed by atoms with van der Waals surface area (Å²) in [5.74, 6) is 0. The molecular formula is C6H11N. The third-order valence-electron chi connectivity index (χ3n) is 0.905. The molecule has 1 heteroatoms. The van der Waals surface area contributed by atoms with Gasteiger partial charge in [-0.3, -0.25) is 0 Å². The van der Waals surface area contributed by atoms with Gasteiger partial charge in [0.2, 0.25) is 0 Å². The Labute approximate surface area is 47.8 Å². The van der Waals surface area contributed by atoms with Crippen molar-refractivity contribution >= 4 is 0 Å². The maximum absolute atomic E-state index is 8.44. The molecule has 0 heterocycles. The van der Waals surface area contributed by atoms with E-state index in [9.17, 15) is 0 Å². The van der Waals surface area contributed by atoms with E-state index in [2.05, 4.69) is 0 Å². The first kappa shape index (κ1) is 3.49. The van der Waals surface area contributed by atoms with Crippen LogP contribution in [-0.2, 0) is 0 Å². The number of hydrogen-bond acceptors (Lipinski definition) is 1. The third-order valence-corrected chi connectivity index (χ3v) is 0.905. The van der Waals surface area contributed by atoms with Crippen molar-refractivity contribution in [1.82, 2.24) is 0 Å². The van der Waals surface area contributed by atoms with Crippen LogP contribution in [0.15, 0.2) is 0 Å². The first-order valence-corrected chi connectivity index (χ1v) is 2.22. The Bertz CT molecular complexity index is 138. The monoisotopic (exact) mass is 99.1 g/mol. The lowest BCUT2D eigenvalue weighted by atomic mass is 9.93. The molecule has 0 aliphatic carbocycles. The predicted molar refractivity (Wildman–Crippen MR) is 29.7 cm³/mol. The zero-order valence-electron chi connectivity index (χ0n) is 6.95. The molecule has 0 atom stereocenters. The average molecular weight is 99.2 g/mol. The number of rotatable bonds is 1. The average Bonchev–Trinajstić information content (AvgIpc) is 1.64. The van der Waals surface area contributed by atoms with Crippen molar-refractivity contribution in [3.63, 3.8) is 0 Å². The maximum Gasteiger partial charge on any atom is 0.0683 e. The Kier molecular flexibility index (Phi) is 0.983. The second-order valence-corrected chi connectivity index (χ2v) is 1.99. The lowest BCUT2D eigenvalue weighted by Gasteiger charge is -2.08. The summed E-state index contributed by atoms with van der Waals surface area (Å²) in [5, 5.41) is 8.44. The summed E-state index contributed by atoms with van der Waals surface area (Å²) >= 11 is 0. The van der Waals surface area contributed by atoms with E-state index >= 15 is 0 Å². The molecule has 0 rings (SSSR count). The van der Waals surface area contributed by atoms with Crippen LogP contribution in [0, 0.1) is 16.7 Å². The SMILES string of the molecule is [2H]C([2H])(C)C(C)(C)C#N. The molecule has 0 radical (unpaired) electrons. The molecule has 0 spiro atoms. The van der Waals surface area contributed by atoms with E-state index < -0.39 is 11.8 Å². The summed E-state index contributed by atoms with van der Waals surface area (Å²) in [6.07, 6.45) is -1.41. The van der Waals surface area contributed by atoms with Crippen molar-refractivity contribution in [3.8, 4) is 6.07 Å². The molecule has 0 aromatic heterocycles. The van der Waals surface area contributed by atoms with E-state index in [0.29, 0.717) is 0 Å². The first-order chi connectivity index (χ1) is 3.81. The normalized spacial score (nSPS) is 16.9. The molecule has 0 aromatic carbocycles. The smallest absolute Gasteiger partial charge is 0.0683 e. The van der Waals surface area contributed by atoms with Gasteiger partial charge in [-0.2, -0.15) is 5.26 Å². The van der Waals surface area contributed by atoms with E-state index in [4.69, 9.17) is 8.00 Å². The van der Waals surface area contributed by atoms with Crippen LogP contribution < -0.4 is 0 Å². The minimum absolute atomic E-state index is 0.882. The van der Waals surface area contributed by atoms with Crippen LogP contribution >= 0.6 is 0 Å². The van der Waals surface area contributed by atoms with Crippen LogP contribution in [0.3, 0.4) is 0 Å². The predicted octanol–water partition coefficient (Wildman–Crippen LogP) is 1.95. The highest BCUT2D eigenvalue weighted by Crippen LogP contribution is 2.16. The fourth-order valence-electron chi connectivity index (χ4n) is 0.0559. The van der Waals surface area contributed by atoms with Crippen LogP contribution in [0.25, 0.3) is 0 Å². The Morgan fingerprint density at radius 2 is 2.29 bits per heavy atom. The van der Waals surface area contributed by atoms with Gasteiger partial charge in [-0.15, -0.1) is 0 Å². The largest absolute Gasteiger partial charge is 0.198 e. The second kappa shape index (κ2) is 1.97. The summed E-state index contributed by atoms with van der Waals surface area (Å²) in [5.41, 5.74) is -0.882. The molecule has 0 bridgehead atoms. The molecule has 0 amide bonds. The van der Waals surface area contributed by atoms with Gasteiger partial charge in [-0.1, -0.05) is 6.92 Å². The van der Waals surface area contributed by atoms with Gasteiger partial charge in [0.25, 0.3) is 0 Å². The summed E-state index contributed by atoms with van der Waals surface area (Å²) in [6, 6.07) is 1.91. The lowest BCUT2D eigenvalue weighted by molar-refractivity contribution is 0.477. The van der Waals surface area contributed by atoms with Crippen molar-refractivity contribution < 1.29 is 2.74 Å². The van der Waals surface area contributed by atoms with Crippen molar-refractivity contribution in [2.24, 2.45) is 5.41 Å². The van der Waals surface area contributed by atoms with Crippen LogP contribution in [0.4, 0.5) is 0 Å². The van der Waals surface area contributed by atoms with E-state index in [1.54, 1.807) is 13.8 Å². The van der Waals surface area contributed by atoms with Gasteiger partial charge in [-0.05, 0) is 20.2 Å². The molecule has 0 aliphatic rings. The van der Waals surface area contributed by atoms with Gasteiger partial charge in [-0.25, -0.2) is 0 Å². The first-order valence-electron chi connectivity index (χ1n) is 3.22. The highest BCUT2D eigenvalue weighted by molar-refractivity contribution is 4.89. The fraction of sp³-hybridized carbons (Fsp3) is 0.833. The molecule has 0 fully saturated rings. The van der Waals surface area contributed by atoms with Gasteiger partial charge in [0.1, 0.15) is 0 Å². The van der Waals surface area contributed by atoms with Gasteiger partial charge in [0, 0.05) is 2.74 Å². The highest BCUT2D eigenvalue weighted by atomic mass is 14.3. The number of nitriles is 1. The quantitative estimate of drug-likeness (QED) is 0.493. The minimum atomic E-state index is -1.41. The molecule has 1 nitrogen and oxygen atoms in total. The second-order valence-electron chi connectivity index (χ2n) is 1.99.